The van der Waals surface area contributed by atoms with E-state index in [-0.39, 0.29) is 18.2 Å². The van der Waals surface area contributed by atoms with Crippen molar-refractivity contribution in [3.05, 3.63) is 64.9 Å². The highest BCUT2D eigenvalue weighted by Crippen LogP contribution is 2.09. The summed E-state index contributed by atoms with van der Waals surface area (Å²) in [5.74, 6) is 0.0808. The van der Waals surface area contributed by atoms with Crippen LogP contribution in [0, 0.1) is 6.92 Å². The van der Waals surface area contributed by atoms with Crippen molar-refractivity contribution >= 4 is 17.4 Å². The van der Waals surface area contributed by atoms with Gasteiger partial charge in [-0.15, -0.1) is 0 Å². The lowest BCUT2D eigenvalue weighted by Gasteiger charge is -1.99. The van der Waals surface area contributed by atoms with E-state index < -0.39 is 0 Å². The molecular weight excluding hydrogens is 269 g/mol. The minimum Gasteiger partial charge on any atom is -1.00 e. The fourth-order valence-electron chi connectivity index (χ4n) is 1.64. The minimum atomic E-state index is 0. The van der Waals surface area contributed by atoms with Crippen LogP contribution in [0.1, 0.15) is 15.9 Å². The molecule has 2 aromatic rings. The van der Waals surface area contributed by atoms with Gasteiger partial charge in [-0.1, -0.05) is 11.6 Å². The molecule has 0 saturated heterocycles. The zero-order chi connectivity index (χ0) is 12.3. The molecule has 0 N–H and O–H groups in total. The second kappa shape index (κ2) is 6.53. The fourth-order valence-corrected chi connectivity index (χ4v) is 1.77. The van der Waals surface area contributed by atoms with Gasteiger partial charge in [-0.25, -0.2) is 0 Å². The number of hydrogen-bond donors (Lipinski definition) is 0. The highest BCUT2D eigenvalue weighted by atomic mass is 35.5. The van der Waals surface area contributed by atoms with Crippen molar-refractivity contribution in [2.24, 2.45) is 0 Å². The Morgan fingerprint density at radius 1 is 1.22 bits per heavy atom. The number of halogens is 2. The molecule has 18 heavy (non-hydrogen) atoms. The molecule has 0 radical (unpaired) electrons. The number of nitrogens with zero attached hydrogens (tertiary/aromatic N) is 1. The van der Waals surface area contributed by atoms with Crippen LogP contribution in [0.4, 0.5) is 0 Å². The van der Waals surface area contributed by atoms with Crippen LogP contribution in [0.2, 0.25) is 5.02 Å². The molecule has 1 heterocycles. The average Bonchev–Trinajstić information content (AvgIpc) is 2.29. The first-order valence-electron chi connectivity index (χ1n) is 5.39. The summed E-state index contributed by atoms with van der Waals surface area (Å²) < 4.78 is 1.88. The third kappa shape index (κ3) is 3.83. The molecule has 0 spiro atoms. The number of ketones is 1. The molecule has 1 aromatic heterocycles. The summed E-state index contributed by atoms with van der Waals surface area (Å²) in [6.07, 6.45) is 3.84. The van der Waals surface area contributed by atoms with E-state index >= 15 is 0 Å². The largest absolute Gasteiger partial charge is 1.00 e. The van der Waals surface area contributed by atoms with Gasteiger partial charge in [0.2, 0.25) is 12.3 Å². The average molecular weight is 282 g/mol. The van der Waals surface area contributed by atoms with Gasteiger partial charge in [-0.05, 0) is 37.3 Å². The number of carbonyl (C=O) groups is 1. The third-order valence-corrected chi connectivity index (χ3v) is 2.75. The maximum Gasteiger partial charge on any atom is 0.227 e. The van der Waals surface area contributed by atoms with Gasteiger partial charge in [0.25, 0.3) is 0 Å². The lowest BCUT2D eigenvalue weighted by molar-refractivity contribution is -0.683. The summed E-state index contributed by atoms with van der Waals surface area (Å²) in [4.78, 5) is 12.0. The highest BCUT2D eigenvalue weighted by molar-refractivity contribution is 6.30. The number of benzene rings is 1. The van der Waals surface area contributed by atoms with Gasteiger partial charge < -0.3 is 12.4 Å². The summed E-state index contributed by atoms with van der Waals surface area (Å²) in [6.45, 7) is 2.35. The van der Waals surface area contributed by atoms with Gasteiger partial charge in [-0.3, -0.25) is 4.79 Å². The van der Waals surface area contributed by atoms with E-state index in [1.807, 2.05) is 36.0 Å². The Labute approximate surface area is 118 Å². The number of pyridine rings is 1. The van der Waals surface area contributed by atoms with E-state index in [9.17, 15) is 4.79 Å². The second-order valence-corrected chi connectivity index (χ2v) is 4.42. The monoisotopic (exact) mass is 281 g/mol. The standard InChI is InChI=1S/C14H13ClNO.ClH/c1-11-3-2-8-16(9-11)10-14(17)12-4-6-13(15)7-5-12;/h2-9H,10H2,1H3;1H/q+1;/p-1. The van der Waals surface area contributed by atoms with Gasteiger partial charge in [0.15, 0.2) is 12.4 Å². The van der Waals surface area contributed by atoms with Crippen LogP contribution in [-0.2, 0) is 6.54 Å². The van der Waals surface area contributed by atoms with Crippen molar-refractivity contribution in [2.75, 3.05) is 0 Å². The number of aromatic nitrogens is 1. The van der Waals surface area contributed by atoms with Crippen LogP contribution in [0.25, 0.3) is 0 Å². The highest BCUT2D eigenvalue weighted by Gasteiger charge is 2.11. The number of Topliss-reactive ketones (excluding diaryl/α,β-unsaturated/α-hetero) is 1. The van der Waals surface area contributed by atoms with Gasteiger partial charge in [0.1, 0.15) is 0 Å². The topological polar surface area (TPSA) is 20.9 Å². The van der Waals surface area contributed by atoms with Crippen LogP contribution in [-0.4, -0.2) is 5.78 Å². The summed E-state index contributed by atoms with van der Waals surface area (Å²) in [6, 6.07) is 10.9. The van der Waals surface area contributed by atoms with Gasteiger partial charge in [0, 0.05) is 22.2 Å². The Morgan fingerprint density at radius 2 is 1.89 bits per heavy atom. The van der Waals surface area contributed by atoms with Crippen LogP contribution < -0.4 is 17.0 Å². The van der Waals surface area contributed by atoms with E-state index in [1.165, 1.54) is 0 Å². The van der Waals surface area contributed by atoms with Crippen LogP contribution >= 0.6 is 11.6 Å². The SMILES string of the molecule is Cc1ccc[n+](CC(=O)c2ccc(Cl)cc2)c1.[Cl-]. The maximum atomic E-state index is 12.0. The van der Waals surface area contributed by atoms with Crippen molar-refractivity contribution in [1.29, 1.82) is 0 Å². The van der Waals surface area contributed by atoms with Gasteiger partial charge in [0.05, 0.1) is 0 Å². The van der Waals surface area contributed by atoms with Crippen LogP contribution in [0.5, 0.6) is 0 Å². The molecule has 2 nitrogen and oxygen atoms in total. The molecule has 0 aliphatic carbocycles. The Bertz CT molecular complexity index is 538. The molecule has 1 aromatic carbocycles. The lowest BCUT2D eigenvalue weighted by atomic mass is 10.1. The molecule has 94 valence electrons. The minimum absolute atomic E-state index is 0. The molecule has 0 saturated carbocycles. The van der Waals surface area contributed by atoms with E-state index in [0.29, 0.717) is 17.1 Å². The normalized spacial score (nSPS) is 9.67. The molecule has 0 bridgehead atoms. The fraction of sp³-hybridized carbons (Fsp3) is 0.143. The second-order valence-electron chi connectivity index (χ2n) is 3.98. The molecule has 0 aliphatic rings. The molecule has 0 aliphatic heterocycles. The number of carbonyl (C=O) groups excluding carboxylic acids is 1. The van der Waals surface area contributed by atoms with Crippen molar-refractivity contribution < 1.29 is 21.8 Å². The Hall–Kier alpha value is -1.38. The zero-order valence-corrected chi connectivity index (χ0v) is 11.4. The number of aryl methyl sites for hydroxylation is 1. The first-order valence-corrected chi connectivity index (χ1v) is 5.77. The molecule has 2 rings (SSSR count). The van der Waals surface area contributed by atoms with E-state index in [0.717, 1.165) is 5.56 Å². The maximum absolute atomic E-state index is 12.0. The quantitative estimate of drug-likeness (QED) is 0.565. The summed E-state index contributed by atoms with van der Waals surface area (Å²) >= 11 is 5.78. The number of rotatable bonds is 3. The van der Waals surface area contributed by atoms with E-state index in [1.54, 1.807) is 24.3 Å². The Balaban J connectivity index is 0.00000162. The van der Waals surface area contributed by atoms with E-state index in [4.69, 9.17) is 11.6 Å². The molecule has 0 fully saturated rings. The summed E-state index contributed by atoms with van der Waals surface area (Å²) in [5.41, 5.74) is 1.82. The third-order valence-electron chi connectivity index (χ3n) is 2.50. The smallest absolute Gasteiger partial charge is 0.227 e. The predicted molar refractivity (Wildman–Crippen MR) is 67.2 cm³/mol. The molecule has 0 unspecified atom stereocenters. The van der Waals surface area contributed by atoms with Crippen molar-refractivity contribution in [1.82, 2.24) is 0 Å². The van der Waals surface area contributed by atoms with E-state index in [2.05, 4.69) is 0 Å². The Kier molecular flexibility index (Phi) is 5.32. The lowest BCUT2D eigenvalue weighted by Crippen LogP contribution is -3.00. The predicted octanol–water partition coefficient (Wildman–Crippen LogP) is -0.177. The summed E-state index contributed by atoms with van der Waals surface area (Å²) in [5, 5.41) is 0.643. The van der Waals surface area contributed by atoms with Crippen LogP contribution in [0.15, 0.2) is 48.8 Å². The molecular formula is C14H13Cl2NO. The van der Waals surface area contributed by atoms with Gasteiger partial charge in [-0.2, -0.15) is 4.57 Å². The zero-order valence-electron chi connectivity index (χ0n) is 9.94. The Morgan fingerprint density at radius 3 is 2.50 bits per heavy atom. The first-order chi connectivity index (χ1) is 8.15. The summed E-state index contributed by atoms with van der Waals surface area (Å²) in [7, 11) is 0. The van der Waals surface area contributed by atoms with Gasteiger partial charge >= 0.3 is 0 Å². The van der Waals surface area contributed by atoms with Crippen LogP contribution in [0.3, 0.4) is 0 Å². The van der Waals surface area contributed by atoms with Crippen molar-refractivity contribution in [3.63, 3.8) is 0 Å². The van der Waals surface area contributed by atoms with Crippen molar-refractivity contribution in [3.8, 4) is 0 Å². The first kappa shape index (κ1) is 14.7. The molecule has 0 amide bonds. The molecule has 0 atom stereocenters. The molecule has 4 heteroatoms. The number of hydrogen-bond acceptors (Lipinski definition) is 1. The van der Waals surface area contributed by atoms with Crippen molar-refractivity contribution in [2.45, 2.75) is 13.5 Å².